The molecule has 0 aromatic heterocycles. The lowest BCUT2D eigenvalue weighted by molar-refractivity contribution is 0.209. The minimum Gasteiger partial charge on any atom is -0.490 e. The van der Waals surface area contributed by atoms with Crippen LogP contribution in [0.4, 0.5) is 8.78 Å². The lowest BCUT2D eigenvalue weighted by Gasteiger charge is -2.32. The van der Waals surface area contributed by atoms with Crippen LogP contribution in [-0.4, -0.2) is 6.61 Å². The third kappa shape index (κ3) is 7.46. The Hall–Kier alpha value is -1.12. The topological polar surface area (TPSA) is 9.23 Å². The summed E-state index contributed by atoms with van der Waals surface area (Å²) in [7, 11) is 0. The Balaban J connectivity index is 1.34. The van der Waals surface area contributed by atoms with Gasteiger partial charge in [0.05, 0.1) is 6.61 Å². The van der Waals surface area contributed by atoms with Gasteiger partial charge in [0.15, 0.2) is 11.6 Å². The normalized spacial score (nSPS) is 26.7. The molecule has 0 heterocycles. The summed E-state index contributed by atoms with van der Waals surface area (Å²) in [5.74, 6) is 2.06. The second-order valence-corrected chi connectivity index (χ2v) is 10.4. The SMILES string of the molecule is CCCOc1ccc(CCC2CCC(CCC3CCC(CCC)CC3)CC2)c(F)c1F. The van der Waals surface area contributed by atoms with Gasteiger partial charge in [-0.05, 0) is 54.6 Å². The van der Waals surface area contributed by atoms with Crippen LogP contribution in [0.15, 0.2) is 12.1 Å². The number of aryl methyl sites for hydroxylation is 1. The predicted octanol–water partition coefficient (Wildman–Crippen LogP) is 8.88. The quantitative estimate of drug-likeness (QED) is 0.338. The zero-order chi connectivity index (χ0) is 22.1. The lowest BCUT2D eigenvalue weighted by Crippen LogP contribution is -2.18. The van der Waals surface area contributed by atoms with Crippen LogP contribution in [-0.2, 0) is 6.42 Å². The predicted molar refractivity (Wildman–Crippen MR) is 126 cm³/mol. The smallest absolute Gasteiger partial charge is 0.200 e. The summed E-state index contributed by atoms with van der Waals surface area (Å²) < 4.78 is 33.9. The molecule has 31 heavy (non-hydrogen) atoms. The molecule has 0 amide bonds. The van der Waals surface area contributed by atoms with Crippen LogP contribution in [0.3, 0.4) is 0 Å². The molecule has 0 spiro atoms. The second-order valence-electron chi connectivity index (χ2n) is 10.4. The molecule has 0 bridgehead atoms. The molecule has 0 unspecified atom stereocenters. The van der Waals surface area contributed by atoms with E-state index < -0.39 is 11.6 Å². The minimum absolute atomic E-state index is 0.0439. The van der Waals surface area contributed by atoms with Crippen LogP contribution in [0.25, 0.3) is 0 Å². The number of hydrogen-bond donors (Lipinski definition) is 0. The number of rotatable bonds is 11. The van der Waals surface area contributed by atoms with Crippen molar-refractivity contribution in [3.63, 3.8) is 0 Å². The third-order valence-corrected chi connectivity index (χ3v) is 8.02. The first-order chi connectivity index (χ1) is 15.1. The van der Waals surface area contributed by atoms with Gasteiger partial charge in [-0.1, -0.05) is 97.0 Å². The fourth-order valence-electron chi connectivity index (χ4n) is 5.95. The Morgan fingerprint density at radius 2 is 1.19 bits per heavy atom. The standard InChI is InChI=1S/C28H44F2O/c1-3-5-21-6-8-22(9-7-21)10-11-23-12-14-24(15-13-23)16-17-25-18-19-26(31-20-4-2)28(30)27(25)29/h18-19,21-24H,3-17,20H2,1-2H3. The zero-order valence-corrected chi connectivity index (χ0v) is 19.9. The van der Waals surface area contributed by atoms with Gasteiger partial charge >= 0.3 is 0 Å². The molecule has 0 saturated heterocycles. The van der Waals surface area contributed by atoms with Crippen molar-refractivity contribution in [1.82, 2.24) is 0 Å². The summed E-state index contributed by atoms with van der Waals surface area (Å²) in [5, 5.41) is 0. The lowest BCUT2D eigenvalue weighted by atomic mass is 9.74. The fraction of sp³-hybridized carbons (Fsp3) is 0.786. The summed E-state index contributed by atoms with van der Waals surface area (Å²) in [6.07, 6.45) is 19.1. The van der Waals surface area contributed by atoms with E-state index in [2.05, 4.69) is 6.92 Å². The largest absolute Gasteiger partial charge is 0.490 e. The number of halogens is 2. The summed E-state index contributed by atoms with van der Waals surface area (Å²) in [5.41, 5.74) is 0.502. The summed E-state index contributed by atoms with van der Waals surface area (Å²) in [6.45, 7) is 4.69. The maximum Gasteiger partial charge on any atom is 0.200 e. The molecule has 176 valence electrons. The maximum absolute atomic E-state index is 14.4. The van der Waals surface area contributed by atoms with Crippen molar-refractivity contribution in [3.8, 4) is 5.75 Å². The molecule has 1 nitrogen and oxygen atoms in total. The first-order valence-electron chi connectivity index (χ1n) is 13.2. The van der Waals surface area contributed by atoms with Gasteiger partial charge in [-0.2, -0.15) is 4.39 Å². The number of benzene rings is 1. The zero-order valence-electron chi connectivity index (χ0n) is 19.9. The average Bonchev–Trinajstić information content (AvgIpc) is 2.80. The van der Waals surface area contributed by atoms with Crippen molar-refractivity contribution in [2.24, 2.45) is 23.7 Å². The molecule has 0 aliphatic heterocycles. The summed E-state index contributed by atoms with van der Waals surface area (Å²) >= 11 is 0. The van der Waals surface area contributed by atoms with Crippen LogP contribution in [0, 0.1) is 35.3 Å². The maximum atomic E-state index is 14.4. The Kier molecular flexibility index (Phi) is 10.1. The molecule has 2 fully saturated rings. The molecule has 3 rings (SSSR count). The molecule has 0 radical (unpaired) electrons. The minimum atomic E-state index is -0.821. The Bertz CT molecular complexity index is 643. The van der Waals surface area contributed by atoms with Gasteiger partial charge in [-0.25, -0.2) is 4.39 Å². The van der Waals surface area contributed by atoms with Crippen molar-refractivity contribution in [2.45, 2.75) is 110 Å². The van der Waals surface area contributed by atoms with E-state index in [9.17, 15) is 8.78 Å². The Morgan fingerprint density at radius 3 is 1.71 bits per heavy atom. The fourth-order valence-corrected chi connectivity index (χ4v) is 5.95. The molecule has 0 N–H and O–H groups in total. The van der Waals surface area contributed by atoms with Gasteiger partial charge in [0, 0.05) is 0 Å². The van der Waals surface area contributed by atoms with Gasteiger partial charge in [-0.15, -0.1) is 0 Å². The van der Waals surface area contributed by atoms with Gasteiger partial charge < -0.3 is 4.74 Å². The van der Waals surface area contributed by atoms with E-state index in [1.165, 1.54) is 77.0 Å². The molecule has 2 aliphatic rings. The van der Waals surface area contributed by atoms with Crippen LogP contribution in [0.1, 0.15) is 109 Å². The average molecular weight is 435 g/mol. The summed E-state index contributed by atoms with van der Waals surface area (Å²) in [6, 6.07) is 3.31. The number of hydrogen-bond acceptors (Lipinski definition) is 1. The molecule has 3 heteroatoms. The van der Waals surface area contributed by atoms with Gasteiger partial charge in [0.2, 0.25) is 5.82 Å². The van der Waals surface area contributed by atoms with E-state index in [1.807, 2.05) is 6.92 Å². The number of ether oxygens (including phenoxy) is 1. The van der Waals surface area contributed by atoms with Crippen LogP contribution >= 0.6 is 0 Å². The third-order valence-electron chi connectivity index (χ3n) is 8.02. The van der Waals surface area contributed by atoms with E-state index in [0.29, 0.717) is 24.5 Å². The van der Waals surface area contributed by atoms with Crippen LogP contribution < -0.4 is 4.74 Å². The molecular weight excluding hydrogens is 390 g/mol. The highest BCUT2D eigenvalue weighted by Gasteiger charge is 2.25. The molecule has 0 atom stereocenters. The van der Waals surface area contributed by atoms with E-state index in [0.717, 1.165) is 30.6 Å². The highest BCUT2D eigenvalue weighted by Crippen LogP contribution is 2.38. The molecule has 2 saturated carbocycles. The monoisotopic (exact) mass is 434 g/mol. The van der Waals surface area contributed by atoms with E-state index >= 15 is 0 Å². The molecule has 2 aliphatic carbocycles. The van der Waals surface area contributed by atoms with Crippen molar-refractivity contribution in [2.75, 3.05) is 6.61 Å². The van der Waals surface area contributed by atoms with E-state index in [1.54, 1.807) is 12.1 Å². The van der Waals surface area contributed by atoms with Gasteiger partial charge in [-0.3, -0.25) is 0 Å². The van der Waals surface area contributed by atoms with Crippen molar-refractivity contribution < 1.29 is 13.5 Å². The Morgan fingerprint density at radius 1 is 0.677 bits per heavy atom. The highest BCUT2D eigenvalue weighted by atomic mass is 19.2. The molecular formula is C28H44F2O. The first-order valence-corrected chi connectivity index (χ1v) is 13.2. The van der Waals surface area contributed by atoms with E-state index in [-0.39, 0.29) is 5.75 Å². The van der Waals surface area contributed by atoms with Gasteiger partial charge in [0.25, 0.3) is 0 Å². The van der Waals surface area contributed by atoms with Crippen molar-refractivity contribution >= 4 is 0 Å². The van der Waals surface area contributed by atoms with Crippen molar-refractivity contribution in [1.29, 1.82) is 0 Å². The highest BCUT2D eigenvalue weighted by molar-refractivity contribution is 5.31. The van der Waals surface area contributed by atoms with Crippen LogP contribution in [0.2, 0.25) is 0 Å². The Labute approximate surface area is 189 Å². The molecule has 1 aromatic carbocycles. The first kappa shape index (κ1) is 24.5. The van der Waals surface area contributed by atoms with E-state index in [4.69, 9.17) is 4.74 Å². The van der Waals surface area contributed by atoms with Crippen molar-refractivity contribution in [3.05, 3.63) is 29.3 Å². The molecule has 1 aromatic rings. The second kappa shape index (κ2) is 12.8. The van der Waals surface area contributed by atoms with Crippen LogP contribution in [0.5, 0.6) is 5.75 Å². The van der Waals surface area contributed by atoms with Gasteiger partial charge in [0.1, 0.15) is 0 Å². The summed E-state index contributed by atoms with van der Waals surface area (Å²) in [4.78, 5) is 0.